The topological polar surface area (TPSA) is 63.5 Å². The van der Waals surface area contributed by atoms with Gasteiger partial charge < -0.3 is 5.32 Å². The molecule has 0 spiro atoms. The average Bonchev–Trinajstić information content (AvgIpc) is 2.33. The van der Waals surface area contributed by atoms with Gasteiger partial charge in [0.15, 0.2) is 0 Å². The van der Waals surface area contributed by atoms with E-state index in [9.17, 15) is 9.59 Å². The van der Waals surface area contributed by atoms with E-state index < -0.39 is 11.6 Å². The number of fused-ring (bicyclic) bond motifs is 1. The fraction of sp³-hybridized carbons (Fsp3) is 0.429. The fourth-order valence-corrected chi connectivity index (χ4v) is 1.75. The Kier molecular flexibility index (Phi) is 4.90. The third-order valence-corrected chi connectivity index (χ3v) is 2.96. The first-order chi connectivity index (χ1) is 8.80. The quantitative estimate of drug-likeness (QED) is 0.702. The second kappa shape index (κ2) is 5.90. The van der Waals surface area contributed by atoms with Crippen molar-refractivity contribution in [3.05, 3.63) is 35.1 Å². The normalized spacial score (nSPS) is 17.7. The number of hydrogen-bond acceptors (Lipinski definition) is 2. The molecular weight excluding hydrogens is 249 g/mol. The first-order valence-electron chi connectivity index (χ1n) is 6.25. The van der Waals surface area contributed by atoms with Gasteiger partial charge >= 0.3 is 18.9 Å². The van der Waals surface area contributed by atoms with Crippen molar-refractivity contribution in [3.8, 4) is 0 Å². The van der Waals surface area contributed by atoms with Crippen LogP contribution in [0, 0.1) is 5.41 Å². The third-order valence-electron chi connectivity index (χ3n) is 2.96. The van der Waals surface area contributed by atoms with Crippen LogP contribution in [0.15, 0.2) is 24.3 Å². The van der Waals surface area contributed by atoms with Crippen molar-refractivity contribution in [1.82, 2.24) is 10.4 Å². The molecule has 1 unspecified atom stereocenters. The molecule has 0 saturated heterocycles. The minimum atomic E-state index is -0.559. The van der Waals surface area contributed by atoms with Gasteiger partial charge in [-0.2, -0.15) is 0 Å². The maximum absolute atomic E-state index is 12.3. The van der Waals surface area contributed by atoms with Crippen LogP contribution in [-0.2, 0) is 4.79 Å². The number of hydrazine groups is 1. The van der Waals surface area contributed by atoms with Gasteiger partial charge in [-0.3, -0.25) is 20.0 Å². The monoisotopic (exact) mass is 267 g/mol. The standard InChI is InChI=1S/C14H19N3O2.Li/c1-9-15-11-8-6-5-7-10(11)12(18)17(9)16-13(19)14(2,3)4;/h5-9H,1-4H3,(H2,15,16,18,19);/q;+1/p-1. The fourth-order valence-electron chi connectivity index (χ4n) is 1.75. The summed E-state index contributed by atoms with van der Waals surface area (Å²) in [7, 11) is 0. The Hall–Kier alpha value is -1.44. The Morgan fingerprint density at radius 3 is 2.50 bits per heavy atom. The van der Waals surface area contributed by atoms with E-state index in [0.29, 0.717) is 11.3 Å². The molecule has 6 heteroatoms. The van der Waals surface area contributed by atoms with Crippen LogP contribution in [0.3, 0.4) is 0 Å². The van der Waals surface area contributed by atoms with Gasteiger partial charge in [-0.05, 0) is 6.17 Å². The van der Waals surface area contributed by atoms with Crippen LogP contribution >= 0.6 is 0 Å². The number of benzene rings is 1. The molecule has 1 aromatic carbocycles. The molecule has 0 bridgehead atoms. The molecule has 20 heavy (non-hydrogen) atoms. The van der Waals surface area contributed by atoms with Crippen molar-refractivity contribution in [2.24, 2.45) is 5.41 Å². The molecule has 1 aliphatic rings. The van der Waals surface area contributed by atoms with Gasteiger partial charge in [0, 0.05) is 11.0 Å². The van der Waals surface area contributed by atoms with E-state index >= 15 is 0 Å². The number of nitrogens with one attached hydrogen (secondary N) is 1. The summed E-state index contributed by atoms with van der Waals surface area (Å²) in [5, 5.41) is 5.69. The SMILES string of the molecule is CC1[N-]c2ccccc2C(=O)N1NC(=O)C(C)(C)C.[Li+]. The summed E-state index contributed by atoms with van der Waals surface area (Å²) in [6, 6.07) is 7.13. The smallest absolute Gasteiger partial charge is 0.663 e. The van der Waals surface area contributed by atoms with Crippen LogP contribution in [0.4, 0.5) is 5.69 Å². The van der Waals surface area contributed by atoms with E-state index in [2.05, 4.69) is 10.7 Å². The second-order valence-electron chi connectivity index (χ2n) is 5.64. The van der Waals surface area contributed by atoms with Crippen molar-refractivity contribution >= 4 is 17.5 Å². The molecule has 1 aromatic rings. The Labute approximate surface area is 131 Å². The number of para-hydroxylation sites is 1. The number of carbonyl (C=O) groups excluding carboxylic acids is 2. The van der Waals surface area contributed by atoms with E-state index in [4.69, 9.17) is 0 Å². The molecule has 1 heterocycles. The van der Waals surface area contributed by atoms with E-state index in [0.717, 1.165) is 0 Å². The molecule has 0 radical (unpaired) electrons. The minimum absolute atomic E-state index is 0. The molecule has 1 aliphatic heterocycles. The van der Waals surface area contributed by atoms with E-state index in [1.54, 1.807) is 45.9 Å². The van der Waals surface area contributed by atoms with Gasteiger partial charge in [-0.25, -0.2) is 0 Å². The molecule has 1 N–H and O–H groups in total. The Balaban J connectivity index is 0.00000200. The summed E-state index contributed by atoms with van der Waals surface area (Å²) in [5.41, 5.74) is 3.27. The molecular formula is C14H18LiN3O2. The maximum atomic E-state index is 12.3. The zero-order valence-corrected chi connectivity index (χ0v) is 12.6. The summed E-state index contributed by atoms with van der Waals surface area (Å²) < 4.78 is 0. The third kappa shape index (κ3) is 3.17. The number of hydrogen-bond donors (Lipinski definition) is 1. The Morgan fingerprint density at radius 2 is 1.90 bits per heavy atom. The van der Waals surface area contributed by atoms with Crippen LogP contribution in [0.25, 0.3) is 5.32 Å². The molecule has 0 aromatic heterocycles. The molecule has 102 valence electrons. The summed E-state index contributed by atoms with van der Waals surface area (Å²) in [4.78, 5) is 24.3. The van der Waals surface area contributed by atoms with Crippen molar-refractivity contribution in [3.63, 3.8) is 0 Å². The van der Waals surface area contributed by atoms with Crippen LogP contribution in [0.1, 0.15) is 38.1 Å². The van der Waals surface area contributed by atoms with E-state index in [1.807, 2.05) is 6.07 Å². The largest absolute Gasteiger partial charge is 1.00 e. The number of carbonyl (C=O) groups is 2. The minimum Gasteiger partial charge on any atom is -0.663 e. The van der Waals surface area contributed by atoms with Crippen LogP contribution < -0.4 is 24.3 Å². The van der Waals surface area contributed by atoms with E-state index in [1.165, 1.54) is 5.01 Å². The Bertz CT molecular complexity index is 525. The predicted octanol–water partition coefficient (Wildman–Crippen LogP) is -0.425. The first kappa shape index (κ1) is 16.6. The number of rotatable bonds is 1. The zero-order valence-electron chi connectivity index (χ0n) is 12.6. The Morgan fingerprint density at radius 1 is 1.30 bits per heavy atom. The number of nitrogens with zero attached hydrogens (tertiary/aromatic N) is 2. The van der Waals surface area contributed by atoms with Crippen LogP contribution in [0.2, 0.25) is 0 Å². The maximum Gasteiger partial charge on any atom is 1.00 e. The van der Waals surface area contributed by atoms with Gasteiger partial charge in [-0.1, -0.05) is 52.0 Å². The van der Waals surface area contributed by atoms with Crippen LogP contribution in [0.5, 0.6) is 0 Å². The van der Waals surface area contributed by atoms with Crippen molar-refractivity contribution in [2.75, 3.05) is 0 Å². The molecule has 2 amide bonds. The van der Waals surface area contributed by atoms with Gasteiger partial charge in [0.1, 0.15) is 0 Å². The molecule has 0 aliphatic carbocycles. The van der Waals surface area contributed by atoms with Gasteiger partial charge in [-0.15, -0.1) is 5.69 Å². The van der Waals surface area contributed by atoms with Gasteiger partial charge in [0.2, 0.25) is 5.91 Å². The van der Waals surface area contributed by atoms with Crippen molar-refractivity contribution < 1.29 is 28.4 Å². The average molecular weight is 267 g/mol. The van der Waals surface area contributed by atoms with Crippen LogP contribution in [-0.4, -0.2) is 23.0 Å². The molecule has 0 saturated carbocycles. The van der Waals surface area contributed by atoms with Crippen molar-refractivity contribution in [1.29, 1.82) is 0 Å². The van der Waals surface area contributed by atoms with Gasteiger partial charge in [0.05, 0.1) is 0 Å². The van der Waals surface area contributed by atoms with Gasteiger partial charge in [0.25, 0.3) is 5.91 Å². The summed E-state index contributed by atoms with van der Waals surface area (Å²) in [5.74, 6) is -0.432. The zero-order chi connectivity index (χ0) is 14.2. The number of amides is 2. The van der Waals surface area contributed by atoms with Crippen molar-refractivity contribution in [2.45, 2.75) is 33.9 Å². The predicted molar refractivity (Wildman–Crippen MR) is 72.7 cm³/mol. The van der Waals surface area contributed by atoms with E-state index in [-0.39, 0.29) is 30.7 Å². The summed E-state index contributed by atoms with van der Waals surface area (Å²) in [6.45, 7) is 7.17. The molecule has 1 atom stereocenters. The molecule has 2 rings (SSSR count). The molecule has 5 nitrogen and oxygen atoms in total. The molecule has 0 fully saturated rings. The summed E-state index contributed by atoms with van der Waals surface area (Å²) in [6.07, 6.45) is -0.409. The summed E-state index contributed by atoms with van der Waals surface area (Å²) >= 11 is 0. The first-order valence-corrected chi connectivity index (χ1v) is 6.25. The second-order valence-corrected chi connectivity index (χ2v) is 5.64.